The SMILES string of the molecule is CCNC(=O)c1ccc(NC(=O)C2(N)CCCCC2)cc1. The van der Waals surface area contributed by atoms with Gasteiger partial charge in [0, 0.05) is 17.8 Å². The molecule has 0 spiro atoms. The number of hydrogen-bond acceptors (Lipinski definition) is 3. The van der Waals surface area contributed by atoms with E-state index in [0.29, 0.717) is 17.8 Å². The van der Waals surface area contributed by atoms with Crippen molar-refractivity contribution >= 4 is 17.5 Å². The molecule has 114 valence electrons. The van der Waals surface area contributed by atoms with Crippen molar-refractivity contribution in [1.82, 2.24) is 5.32 Å². The highest BCUT2D eigenvalue weighted by atomic mass is 16.2. The Morgan fingerprint density at radius 2 is 1.76 bits per heavy atom. The van der Waals surface area contributed by atoms with Crippen molar-refractivity contribution in [3.05, 3.63) is 29.8 Å². The lowest BCUT2D eigenvalue weighted by Crippen LogP contribution is -2.52. The number of carbonyl (C=O) groups excluding carboxylic acids is 2. The Bertz CT molecular complexity index is 505. The van der Waals surface area contributed by atoms with Crippen molar-refractivity contribution in [1.29, 1.82) is 0 Å². The molecule has 1 aliphatic rings. The van der Waals surface area contributed by atoms with Crippen LogP contribution in [0.3, 0.4) is 0 Å². The van der Waals surface area contributed by atoms with Crippen LogP contribution in [-0.2, 0) is 4.79 Å². The predicted molar refractivity (Wildman–Crippen MR) is 83.1 cm³/mol. The summed E-state index contributed by atoms with van der Waals surface area (Å²) in [5.41, 5.74) is 6.69. The fourth-order valence-corrected chi connectivity index (χ4v) is 2.63. The van der Waals surface area contributed by atoms with Gasteiger partial charge in [0.25, 0.3) is 5.91 Å². The van der Waals surface area contributed by atoms with Crippen molar-refractivity contribution in [3.63, 3.8) is 0 Å². The zero-order valence-electron chi connectivity index (χ0n) is 12.4. The third-order valence-electron chi connectivity index (χ3n) is 3.94. The molecule has 4 N–H and O–H groups in total. The van der Waals surface area contributed by atoms with Crippen molar-refractivity contribution in [2.24, 2.45) is 5.73 Å². The summed E-state index contributed by atoms with van der Waals surface area (Å²) in [6.07, 6.45) is 4.61. The Labute approximate surface area is 125 Å². The minimum absolute atomic E-state index is 0.113. The highest BCUT2D eigenvalue weighted by molar-refractivity contribution is 5.99. The molecule has 21 heavy (non-hydrogen) atoms. The van der Waals surface area contributed by atoms with Crippen LogP contribution in [0.25, 0.3) is 0 Å². The maximum atomic E-state index is 12.3. The normalized spacial score (nSPS) is 17.0. The Balaban J connectivity index is 1.99. The number of rotatable bonds is 4. The molecule has 2 rings (SSSR count). The second-order valence-electron chi connectivity index (χ2n) is 5.61. The minimum atomic E-state index is -0.753. The van der Waals surface area contributed by atoms with Gasteiger partial charge in [0.2, 0.25) is 5.91 Å². The van der Waals surface area contributed by atoms with E-state index in [0.717, 1.165) is 32.1 Å². The lowest BCUT2D eigenvalue weighted by atomic mass is 9.82. The molecule has 0 aliphatic heterocycles. The Kier molecular flexibility index (Phi) is 4.96. The van der Waals surface area contributed by atoms with Gasteiger partial charge in [-0.15, -0.1) is 0 Å². The Morgan fingerprint density at radius 1 is 1.14 bits per heavy atom. The molecule has 0 bridgehead atoms. The molecule has 1 aromatic carbocycles. The average Bonchev–Trinajstić information content (AvgIpc) is 2.49. The fourth-order valence-electron chi connectivity index (χ4n) is 2.63. The first-order valence-electron chi connectivity index (χ1n) is 7.54. The van der Waals surface area contributed by atoms with Gasteiger partial charge >= 0.3 is 0 Å². The molecule has 0 unspecified atom stereocenters. The number of amides is 2. The van der Waals surface area contributed by atoms with Crippen LogP contribution in [0.1, 0.15) is 49.4 Å². The van der Waals surface area contributed by atoms with Crippen LogP contribution in [0.5, 0.6) is 0 Å². The maximum absolute atomic E-state index is 12.3. The quantitative estimate of drug-likeness (QED) is 0.793. The van der Waals surface area contributed by atoms with Gasteiger partial charge < -0.3 is 16.4 Å². The third-order valence-corrected chi connectivity index (χ3v) is 3.94. The maximum Gasteiger partial charge on any atom is 0.251 e. The molecule has 1 fully saturated rings. The summed E-state index contributed by atoms with van der Waals surface area (Å²) in [5.74, 6) is -0.245. The van der Waals surface area contributed by atoms with E-state index in [1.165, 1.54) is 0 Å². The highest BCUT2D eigenvalue weighted by Gasteiger charge is 2.35. The van der Waals surface area contributed by atoms with E-state index >= 15 is 0 Å². The van der Waals surface area contributed by atoms with E-state index in [-0.39, 0.29) is 11.8 Å². The van der Waals surface area contributed by atoms with E-state index in [1.54, 1.807) is 24.3 Å². The van der Waals surface area contributed by atoms with Crippen LogP contribution in [-0.4, -0.2) is 23.9 Å². The Hall–Kier alpha value is -1.88. The number of benzene rings is 1. The van der Waals surface area contributed by atoms with E-state index in [4.69, 9.17) is 5.73 Å². The van der Waals surface area contributed by atoms with Gasteiger partial charge in [0.05, 0.1) is 5.54 Å². The van der Waals surface area contributed by atoms with E-state index in [2.05, 4.69) is 10.6 Å². The van der Waals surface area contributed by atoms with Gasteiger partial charge in [-0.05, 0) is 44.0 Å². The monoisotopic (exact) mass is 289 g/mol. The summed E-state index contributed by atoms with van der Waals surface area (Å²) in [6, 6.07) is 6.86. The van der Waals surface area contributed by atoms with Gasteiger partial charge in [-0.2, -0.15) is 0 Å². The summed E-state index contributed by atoms with van der Waals surface area (Å²) in [4.78, 5) is 24.0. The van der Waals surface area contributed by atoms with Crippen molar-refractivity contribution < 1.29 is 9.59 Å². The molecule has 2 amide bonds. The minimum Gasteiger partial charge on any atom is -0.352 e. The summed E-state index contributed by atoms with van der Waals surface area (Å²) in [7, 11) is 0. The van der Waals surface area contributed by atoms with Crippen LogP contribution in [0.4, 0.5) is 5.69 Å². The number of nitrogens with two attached hydrogens (primary N) is 1. The lowest BCUT2D eigenvalue weighted by molar-refractivity contribution is -0.122. The van der Waals surface area contributed by atoms with Crippen LogP contribution >= 0.6 is 0 Å². The van der Waals surface area contributed by atoms with Gasteiger partial charge in [0.1, 0.15) is 0 Å². The second kappa shape index (κ2) is 6.72. The lowest BCUT2D eigenvalue weighted by Gasteiger charge is -2.31. The molecule has 0 aromatic heterocycles. The van der Waals surface area contributed by atoms with E-state index < -0.39 is 5.54 Å². The highest BCUT2D eigenvalue weighted by Crippen LogP contribution is 2.27. The van der Waals surface area contributed by atoms with Gasteiger partial charge in [-0.3, -0.25) is 9.59 Å². The number of hydrogen-bond donors (Lipinski definition) is 3. The average molecular weight is 289 g/mol. The van der Waals surface area contributed by atoms with Crippen LogP contribution in [0.2, 0.25) is 0 Å². The van der Waals surface area contributed by atoms with E-state index in [9.17, 15) is 9.59 Å². The second-order valence-corrected chi connectivity index (χ2v) is 5.61. The predicted octanol–water partition coefficient (Wildman–Crippen LogP) is 2.04. The number of carbonyl (C=O) groups is 2. The first-order chi connectivity index (χ1) is 10.0. The molecule has 5 heteroatoms. The molecular formula is C16H23N3O2. The smallest absolute Gasteiger partial charge is 0.251 e. The van der Waals surface area contributed by atoms with Gasteiger partial charge in [-0.25, -0.2) is 0 Å². The van der Waals surface area contributed by atoms with Crippen LogP contribution < -0.4 is 16.4 Å². The van der Waals surface area contributed by atoms with Crippen molar-refractivity contribution in [3.8, 4) is 0 Å². The fraction of sp³-hybridized carbons (Fsp3) is 0.500. The van der Waals surface area contributed by atoms with Gasteiger partial charge in [0.15, 0.2) is 0 Å². The number of nitrogens with one attached hydrogen (secondary N) is 2. The molecule has 0 radical (unpaired) electrons. The van der Waals surface area contributed by atoms with Gasteiger partial charge in [-0.1, -0.05) is 19.3 Å². The summed E-state index contributed by atoms with van der Waals surface area (Å²) in [5, 5.41) is 5.59. The summed E-state index contributed by atoms with van der Waals surface area (Å²) in [6.45, 7) is 2.46. The van der Waals surface area contributed by atoms with Crippen molar-refractivity contribution in [2.75, 3.05) is 11.9 Å². The zero-order valence-corrected chi connectivity index (χ0v) is 12.4. The topological polar surface area (TPSA) is 84.2 Å². The molecular weight excluding hydrogens is 266 g/mol. The first kappa shape index (κ1) is 15.5. The summed E-state index contributed by atoms with van der Waals surface area (Å²) >= 11 is 0. The molecule has 0 atom stereocenters. The van der Waals surface area contributed by atoms with E-state index in [1.807, 2.05) is 6.92 Å². The molecule has 0 saturated heterocycles. The third kappa shape index (κ3) is 3.82. The standard InChI is InChI=1S/C16H23N3O2/c1-2-18-14(20)12-6-8-13(9-7-12)19-15(21)16(17)10-4-3-5-11-16/h6-9H,2-5,10-11,17H2,1H3,(H,18,20)(H,19,21). The molecule has 0 heterocycles. The van der Waals surface area contributed by atoms with Crippen LogP contribution in [0.15, 0.2) is 24.3 Å². The zero-order chi connectivity index (χ0) is 15.3. The first-order valence-corrected chi connectivity index (χ1v) is 7.54. The molecule has 1 saturated carbocycles. The Morgan fingerprint density at radius 3 is 2.33 bits per heavy atom. The summed E-state index contributed by atoms with van der Waals surface area (Å²) < 4.78 is 0. The molecule has 1 aromatic rings. The largest absolute Gasteiger partial charge is 0.352 e. The number of anilines is 1. The molecule has 5 nitrogen and oxygen atoms in total. The molecule has 1 aliphatic carbocycles. The van der Waals surface area contributed by atoms with Crippen molar-refractivity contribution in [2.45, 2.75) is 44.6 Å². The van der Waals surface area contributed by atoms with Crippen LogP contribution in [0, 0.1) is 0 Å².